The summed E-state index contributed by atoms with van der Waals surface area (Å²) in [6, 6.07) is 14.7. The summed E-state index contributed by atoms with van der Waals surface area (Å²) in [6.45, 7) is 2.10. The molecule has 2 aromatic carbocycles. The van der Waals surface area contributed by atoms with E-state index in [1.165, 1.54) is 55.5 Å². The van der Waals surface area contributed by atoms with Gasteiger partial charge < -0.3 is 14.8 Å². The number of aryl methyl sites for hydroxylation is 1. The average molecular weight is 448 g/mol. The smallest absolute Gasteiger partial charge is 0.337 e. The zero-order valence-electron chi connectivity index (χ0n) is 17.8. The molecule has 0 aliphatic carbocycles. The van der Waals surface area contributed by atoms with Crippen molar-refractivity contribution < 1.29 is 19.1 Å². The Morgan fingerprint density at radius 2 is 1.72 bits per heavy atom. The molecule has 3 rings (SSSR count). The number of benzene rings is 2. The summed E-state index contributed by atoms with van der Waals surface area (Å²) in [7, 11) is 2.51. The third kappa shape index (κ3) is 5.20. The van der Waals surface area contributed by atoms with Crippen LogP contribution in [0.1, 0.15) is 38.2 Å². The van der Waals surface area contributed by atoms with E-state index >= 15 is 0 Å². The second kappa shape index (κ2) is 10.4. The van der Waals surface area contributed by atoms with Crippen LogP contribution in [-0.4, -0.2) is 31.1 Å². The molecule has 0 radical (unpaired) electrons. The van der Waals surface area contributed by atoms with Crippen LogP contribution in [0.4, 0.5) is 5.69 Å². The second-order valence-corrected chi connectivity index (χ2v) is 7.54. The lowest BCUT2D eigenvalue weighted by molar-refractivity contribution is 0.0599. The van der Waals surface area contributed by atoms with E-state index in [9.17, 15) is 14.9 Å². The van der Waals surface area contributed by atoms with Crippen molar-refractivity contribution in [2.24, 2.45) is 0 Å². The van der Waals surface area contributed by atoms with Crippen LogP contribution in [0.3, 0.4) is 0 Å². The molecular formula is C24H21N3O4S. The summed E-state index contributed by atoms with van der Waals surface area (Å²) >= 11 is 1.36. The molecule has 0 amide bonds. The normalized spacial score (nSPS) is 10.9. The van der Waals surface area contributed by atoms with E-state index in [-0.39, 0.29) is 11.1 Å². The Morgan fingerprint density at radius 1 is 1.09 bits per heavy atom. The lowest BCUT2D eigenvalue weighted by atomic mass is 10.1. The van der Waals surface area contributed by atoms with Crippen molar-refractivity contribution in [3.05, 3.63) is 75.7 Å². The number of carbonyl (C=O) groups excluding carboxylic acids is 2. The number of methoxy groups -OCH3 is 2. The monoisotopic (exact) mass is 447 g/mol. The Morgan fingerprint density at radius 3 is 2.25 bits per heavy atom. The molecular weight excluding hydrogens is 426 g/mol. The molecule has 0 saturated carbocycles. The number of hydrogen-bond donors (Lipinski definition) is 1. The fourth-order valence-electron chi connectivity index (χ4n) is 2.92. The molecule has 3 aromatic rings. The Balaban J connectivity index is 1.87. The maximum atomic E-state index is 11.9. The molecule has 0 bridgehead atoms. The van der Waals surface area contributed by atoms with Gasteiger partial charge in [-0.2, -0.15) is 5.26 Å². The minimum absolute atomic E-state index is 0.178. The number of aromatic nitrogens is 1. The van der Waals surface area contributed by atoms with Crippen LogP contribution >= 0.6 is 11.3 Å². The number of carbonyl (C=O) groups is 2. The predicted molar refractivity (Wildman–Crippen MR) is 123 cm³/mol. The number of ether oxygens (including phenoxy) is 2. The molecule has 32 heavy (non-hydrogen) atoms. The summed E-state index contributed by atoms with van der Waals surface area (Å²) in [4.78, 5) is 28.5. The van der Waals surface area contributed by atoms with Gasteiger partial charge >= 0.3 is 11.9 Å². The molecule has 0 spiro atoms. The molecule has 0 saturated heterocycles. The van der Waals surface area contributed by atoms with Crippen molar-refractivity contribution in [3.8, 4) is 17.3 Å². The van der Waals surface area contributed by atoms with Crippen molar-refractivity contribution >= 4 is 34.5 Å². The Kier molecular flexibility index (Phi) is 7.37. The number of esters is 2. The van der Waals surface area contributed by atoms with Gasteiger partial charge in [-0.25, -0.2) is 14.6 Å². The van der Waals surface area contributed by atoms with E-state index in [2.05, 4.69) is 35.4 Å². The topological polar surface area (TPSA) is 101 Å². The highest BCUT2D eigenvalue weighted by Crippen LogP contribution is 2.27. The molecule has 1 aromatic heterocycles. The molecule has 0 aliphatic rings. The van der Waals surface area contributed by atoms with Crippen LogP contribution in [0.5, 0.6) is 0 Å². The van der Waals surface area contributed by atoms with Crippen LogP contribution in [0, 0.1) is 11.3 Å². The van der Waals surface area contributed by atoms with E-state index < -0.39 is 11.9 Å². The fraction of sp³-hybridized carbons (Fsp3) is 0.167. The molecule has 1 N–H and O–H groups in total. The van der Waals surface area contributed by atoms with Crippen LogP contribution in [0.15, 0.2) is 54.0 Å². The van der Waals surface area contributed by atoms with Gasteiger partial charge in [0.1, 0.15) is 16.6 Å². The van der Waals surface area contributed by atoms with E-state index in [0.29, 0.717) is 16.3 Å². The first-order chi connectivity index (χ1) is 15.5. The minimum Gasteiger partial charge on any atom is -0.465 e. The highest BCUT2D eigenvalue weighted by atomic mass is 32.1. The molecule has 0 unspecified atom stereocenters. The number of nitriles is 1. The lowest BCUT2D eigenvalue weighted by Crippen LogP contribution is -2.07. The second-order valence-electron chi connectivity index (χ2n) is 6.68. The molecule has 0 fully saturated rings. The van der Waals surface area contributed by atoms with Crippen molar-refractivity contribution in [2.45, 2.75) is 13.3 Å². The number of nitrogens with one attached hydrogen (secondary N) is 1. The zero-order valence-corrected chi connectivity index (χ0v) is 18.7. The fourth-order valence-corrected chi connectivity index (χ4v) is 3.72. The predicted octanol–water partition coefficient (Wildman–Crippen LogP) is 4.92. The van der Waals surface area contributed by atoms with E-state index in [0.717, 1.165) is 17.7 Å². The van der Waals surface area contributed by atoms with Crippen molar-refractivity contribution in [2.75, 3.05) is 19.5 Å². The molecule has 162 valence electrons. The van der Waals surface area contributed by atoms with Crippen LogP contribution in [0.2, 0.25) is 0 Å². The van der Waals surface area contributed by atoms with Gasteiger partial charge in [0, 0.05) is 22.8 Å². The molecule has 7 nitrogen and oxygen atoms in total. The Bertz CT molecular complexity index is 1170. The Hall–Kier alpha value is -3.96. The molecule has 0 atom stereocenters. The SMILES string of the molecule is CCc1ccc(-c2csc(C(C#N)=CNc3cc(C(=O)OC)cc(C(=O)OC)c3)n2)cc1. The average Bonchev–Trinajstić information content (AvgIpc) is 3.33. The number of rotatable bonds is 7. The van der Waals surface area contributed by atoms with Gasteiger partial charge in [0.05, 0.1) is 31.0 Å². The zero-order chi connectivity index (χ0) is 23.1. The largest absolute Gasteiger partial charge is 0.465 e. The van der Waals surface area contributed by atoms with Gasteiger partial charge in [-0.1, -0.05) is 31.2 Å². The first kappa shape index (κ1) is 22.7. The van der Waals surface area contributed by atoms with Crippen LogP contribution in [0.25, 0.3) is 16.8 Å². The maximum absolute atomic E-state index is 11.9. The Labute approximate surface area is 189 Å². The number of allylic oxidation sites excluding steroid dienone is 1. The van der Waals surface area contributed by atoms with E-state index in [1.807, 2.05) is 17.5 Å². The van der Waals surface area contributed by atoms with E-state index in [1.54, 1.807) is 0 Å². The van der Waals surface area contributed by atoms with Crippen molar-refractivity contribution in [1.29, 1.82) is 5.26 Å². The number of thiazole rings is 1. The summed E-state index contributed by atoms with van der Waals surface area (Å²) in [6.07, 6.45) is 2.45. The molecule has 0 aliphatic heterocycles. The van der Waals surface area contributed by atoms with Crippen LogP contribution < -0.4 is 5.32 Å². The third-order valence-electron chi connectivity index (χ3n) is 4.67. The first-order valence-electron chi connectivity index (χ1n) is 9.72. The summed E-state index contributed by atoms with van der Waals surface area (Å²) < 4.78 is 9.48. The maximum Gasteiger partial charge on any atom is 0.337 e. The van der Waals surface area contributed by atoms with Gasteiger partial charge in [-0.15, -0.1) is 11.3 Å². The van der Waals surface area contributed by atoms with Gasteiger partial charge in [0.15, 0.2) is 0 Å². The lowest BCUT2D eigenvalue weighted by Gasteiger charge is -2.08. The third-order valence-corrected chi connectivity index (χ3v) is 5.55. The molecule has 8 heteroatoms. The van der Waals surface area contributed by atoms with Crippen molar-refractivity contribution in [3.63, 3.8) is 0 Å². The summed E-state index contributed by atoms with van der Waals surface area (Å²) in [5.41, 5.74) is 4.10. The number of nitrogens with zero attached hydrogens (tertiary/aromatic N) is 2. The van der Waals surface area contributed by atoms with Gasteiger partial charge in [0.2, 0.25) is 0 Å². The number of hydrogen-bond acceptors (Lipinski definition) is 8. The van der Waals surface area contributed by atoms with Crippen molar-refractivity contribution in [1.82, 2.24) is 4.98 Å². The minimum atomic E-state index is -0.595. The van der Waals surface area contributed by atoms with Crippen LogP contribution in [-0.2, 0) is 15.9 Å². The van der Waals surface area contributed by atoms with Gasteiger partial charge in [0.25, 0.3) is 0 Å². The summed E-state index contributed by atoms with van der Waals surface area (Å²) in [5, 5.41) is 15.0. The number of anilines is 1. The molecule has 1 heterocycles. The van der Waals surface area contributed by atoms with E-state index in [4.69, 9.17) is 9.47 Å². The quantitative estimate of drug-likeness (QED) is 0.405. The standard InChI is InChI=1S/C24H21N3O4S/c1-4-15-5-7-16(8-6-15)21-14-32-22(27-21)19(12-25)13-26-20-10-17(23(28)30-2)9-18(11-20)24(29)31-3/h5-11,13-14,26H,4H2,1-3H3. The van der Waals surface area contributed by atoms with Gasteiger partial charge in [-0.05, 0) is 30.2 Å². The first-order valence-corrected chi connectivity index (χ1v) is 10.6. The highest BCUT2D eigenvalue weighted by molar-refractivity contribution is 7.11. The summed E-state index contributed by atoms with van der Waals surface area (Å²) in [5.74, 6) is -1.19. The highest BCUT2D eigenvalue weighted by Gasteiger charge is 2.14. The van der Waals surface area contributed by atoms with Gasteiger partial charge in [-0.3, -0.25) is 0 Å².